The van der Waals surface area contributed by atoms with Gasteiger partial charge in [0.15, 0.2) is 0 Å². The Morgan fingerprint density at radius 2 is 1.95 bits per heavy atom. The minimum atomic E-state index is -0.481. The average molecular weight is 280 g/mol. The molecule has 0 spiro atoms. The summed E-state index contributed by atoms with van der Waals surface area (Å²) in [6, 6.07) is 6.21. The molecule has 0 aromatic heterocycles. The summed E-state index contributed by atoms with van der Waals surface area (Å²) in [7, 11) is 1.55. The highest BCUT2D eigenvalue weighted by atomic mass is 35.5. The van der Waals surface area contributed by atoms with E-state index in [0.29, 0.717) is 16.3 Å². The maximum atomic E-state index is 11.9. The SMILES string of the molecule is CNC(=O)C1=C(C)NC(=O)N[C@H]1c1ccc(Cl)cc1. The van der Waals surface area contributed by atoms with E-state index in [2.05, 4.69) is 16.0 Å². The number of benzene rings is 1. The fourth-order valence-electron chi connectivity index (χ4n) is 2.03. The number of halogens is 1. The third-order valence-electron chi connectivity index (χ3n) is 2.94. The minimum Gasteiger partial charge on any atom is -0.355 e. The van der Waals surface area contributed by atoms with Crippen molar-refractivity contribution >= 4 is 23.5 Å². The van der Waals surface area contributed by atoms with Gasteiger partial charge in [0.2, 0.25) is 0 Å². The molecule has 19 heavy (non-hydrogen) atoms. The zero-order chi connectivity index (χ0) is 14.0. The summed E-state index contributed by atoms with van der Waals surface area (Å²) < 4.78 is 0. The van der Waals surface area contributed by atoms with Crippen molar-refractivity contribution in [3.8, 4) is 0 Å². The van der Waals surface area contributed by atoms with E-state index >= 15 is 0 Å². The molecule has 1 aromatic carbocycles. The van der Waals surface area contributed by atoms with E-state index in [1.54, 1.807) is 38.2 Å². The molecule has 2 rings (SSSR count). The smallest absolute Gasteiger partial charge is 0.319 e. The summed E-state index contributed by atoms with van der Waals surface area (Å²) in [5.41, 5.74) is 1.84. The van der Waals surface area contributed by atoms with Gasteiger partial charge in [0.25, 0.3) is 5.91 Å². The van der Waals surface area contributed by atoms with Crippen LogP contribution in [0.5, 0.6) is 0 Å². The molecule has 100 valence electrons. The van der Waals surface area contributed by atoms with Crippen LogP contribution in [0.4, 0.5) is 4.79 Å². The first kappa shape index (κ1) is 13.4. The number of amides is 3. The van der Waals surface area contributed by atoms with Crippen LogP contribution in [0.3, 0.4) is 0 Å². The topological polar surface area (TPSA) is 70.2 Å². The molecule has 0 radical (unpaired) electrons. The molecule has 1 aromatic rings. The Labute approximate surface area is 116 Å². The highest BCUT2D eigenvalue weighted by Crippen LogP contribution is 2.27. The van der Waals surface area contributed by atoms with Gasteiger partial charge in [-0.1, -0.05) is 23.7 Å². The molecule has 0 aliphatic carbocycles. The maximum Gasteiger partial charge on any atom is 0.319 e. The molecular formula is C13H14ClN3O2. The van der Waals surface area contributed by atoms with Crippen molar-refractivity contribution in [2.45, 2.75) is 13.0 Å². The van der Waals surface area contributed by atoms with Crippen LogP contribution in [0, 0.1) is 0 Å². The van der Waals surface area contributed by atoms with Crippen LogP contribution in [-0.4, -0.2) is 19.0 Å². The van der Waals surface area contributed by atoms with Gasteiger partial charge in [-0.25, -0.2) is 4.79 Å². The Morgan fingerprint density at radius 3 is 2.53 bits per heavy atom. The normalized spacial score (nSPS) is 18.7. The minimum absolute atomic E-state index is 0.232. The average Bonchev–Trinajstić information content (AvgIpc) is 2.38. The van der Waals surface area contributed by atoms with E-state index in [1.165, 1.54) is 0 Å². The largest absolute Gasteiger partial charge is 0.355 e. The lowest BCUT2D eigenvalue weighted by atomic mass is 9.95. The van der Waals surface area contributed by atoms with Crippen LogP contribution in [0.25, 0.3) is 0 Å². The first-order valence-electron chi connectivity index (χ1n) is 5.78. The molecule has 1 atom stereocenters. The van der Waals surface area contributed by atoms with Crippen molar-refractivity contribution in [3.63, 3.8) is 0 Å². The van der Waals surface area contributed by atoms with Crippen molar-refractivity contribution in [1.82, 2.24) is 16.0 Å². The van der Waals surface area contributed by atoms with Gasteiger partial charge in [0, 0.05) is 17.8 Å². The van der Waals surface area contributed by atoms with Gasteiger partial charge in [-0.2, -0.15) is 0 Å². The molecule has 0 unspecified atom stereocenters. The highest BCUT2D eigenvalue weighted by molar-refractivity contribution is 6.30. The van der Waals surface area contributed by atoms with Crippen LogP contribution < -0.4 is 16.0 Å². The van der Waals surface area contributed by atoms with Gasteiger partial charge < -0.3 is 16.0 Å². The molecule has 0 saturated carbocycles. The zero-order valence-corrected chi connectivity index (χ0v) is 11.3. The predicted octanol–water partition coefficient (Wildman–Crippen LogP) is 1.71. The summed E-state index contributed by atoms with van der Waals surface area (Å²) in [6.45, 7) is 1.70. The van der Waals surface area contributed by atoms with Gasteiger partial charge in [-0.05, 0) is 24.6 Å². The highest BCUT2D eigenvalue weighted by Gasteiger charge is 2.30. The Bertz CT molecular complexity index is 552. The van der Waals surface area contributed by atoms with Crippen molar-refractivity contribution in [2.75, 3.05) is 7.05 Å². The maximum absolute atomic E-state index is 11.9. The van der Waals surface area contributed by atoms with E-state index in [-0.39, 0.29) is 11.9 Å². The molecule has 0 saturated heterocycles. The molecule has 5 nitrogen and oxygen atoms in total. The van der Waals surface area contributed by atoms with Crippen molar-refractivity contribution in [2.24, 2.45) is 0 Å². The van der Waals surface area contributed by atoms with Gasteiger partial charge in [0.1, 0.15) is 0 Å². The lowest BCUT2D eigenvalue weighted by Gasteiger charge is -2.28. The number of carbonyl (C=O) groups is 2. The lowest BCUT2D eigenvalue weighted by Crippen LogP contribution is -2.46. The molecule has 6 heteroatoms. The van der Waals surface area contributed by atoms with Gasteiger partial charge >= 0.3 is 6.03 Å². The molecule has 1 aliphatic heterocycles. The summed E-state index contributed by atoms with van der Waals surface area (Å²) in [5.74, 6) is -0.232. The first-order valence-corrected chi connectivity index (χ1v) is 6.16. The predicted molar refractivity (Wildman–Crippen MR) is 72.6 cm³/mol. The summed E-state index contributed by atoms with van der Waals surface area (Å²) in [5, 5.41) is 8.51. The standard InChI is InChI=1S/C13H14ClN3O2/c1-7-10(12(18)15-2)11(17-13(19)16-7)8-3-5-9(14)6-4-8/h3-6,11H,1-2H3,(H,15,18)(H2,16,17,19)/t11-/m0/s1. The third kappa shape index (κ3) is 2.71. The van der Waals surface area contributed by atoms with E-state index in [1.807, 2.05) is 0 Å². The van der Waals surface area contributed by atoms with Crippen LogP contribution in [0.1, 0.15) is 18.5 Å². The van der Waals surface area contributed by atoms with E-state index in [4.69, 9.17) is 11.6 Å². The number of rotatable bonds is 2. The van der Waals surface area contributed by atoms with Gasteiger partial charge in [-0.3, -0.25) is 4.79 Å². The van der Waals surface area contributed by atoms with Crippen LogP contribution in [0.15, 0.2) is 35.5 Å². The molecule has 3 amide bonds. The Kier molecular flexibility index (Phi) is 3.76. The second-order valence-corrected chi connectivity index (χ2v) is 4.64. The van der Waals surface area contributed by atoms with E-state index in [9.17, 15) is 9.59 Å². The lowest BCUT2D eigenvalue weighted by molar-refractivity contribution is -0.117. The van der Waals surface area contributed by atoms with Crippen LogP contribution in [0.2, 0.25) is 5.02 Å². The van der Waals surface area contributed by atoms with Crippen LogP contribution in [-0.2, 0) is 4.79 Å². The molecule has 0 fully saturated rings. The van der Waals surface area contributed by atoms with E-state index < -0.39 is 6.04 Å². The number of likely N-dealkylation sites (N-methyl/N-ethyl adjacent to an activating group) is 1. The number of carbonyl (C=O) groups excluding carboxylic acids is 2. The van der Waals surface area contributed by atoms with Crippen molar-refractivity contribution in [1.29, 1.82) is 0 Å². The van der Waals surface area contributed by atoms with Gasteiger partial charge in [-0.15, -0.1) is 0 Å². The second kappa shape index (κ2) is 5.32. The molecular weight excluding hydrogens is 266 g/mol. The van der Waals surface area contributed by atoms with Crippen molar-refractivity contribution in [3.05, 3.63) is 46.1 Å². The zero-order valence-electron chi connectivity index (χ0n) is 10.6. The molecule has 1 aliphatic rings. The van der Waals surface area contributed by atoms with Crippen molar-refractivity contribution < 1.29 is 9.59 Å². The summed E-state index contributed by atoms with van der Waals surface area (Å²) in [4.78, 5) is 23.5. The van der Waals surface area contributed by atoms with Crippen LogP contribution >= 0.6 is 11.6 Å². The number of urea groups is 1. The number of hydrogen-bond acceptors (Lipinski definition) is 2. The Balaban J connectivity index is 2.46. The molecule has 3 N–H and O–H groups in total. The summed E-state index contributed by atoms with van der Waals surface area (Å²) >= 11 is 5.84. The molecule has 1 heterocycles. The molecule has 0 bridgehead atoms. The Hall–Kier alpha value is -2.01. The summed E-state index contributed by atoms with van der Waals surface area (Å²) in [6.07, 6.45) is 0. The van der Waals surface area contributed by atoms with Gasteiger partial charge in [0.05, 0.1) is 11.6 Å². The monoisotopic (exact) mass is 279 g/mol. The third-order valence-corrected chi connectivity index (χ3v) is 3.20. The Morgan fingerprint density at radius 1 is 1.32 bits per heavy atom. The fourth-order valence-corrected chi connectivity index (χ4v) is 2.16. The number of allylic oxidation sites excluding steroid dienone is 1. The second-order valence-electron chi connectivity index (χ2n) is 4.20. The number of hydrogen-bond donors (Lipinski definition) is 3. The first-order chi connectivity index (χ1) is 9.02. The fraction of sp³-hybridized carbons (Fsp3) is 0.231. The number of nitrogens with one attached hydrogen (secondary N) is 3. The quantitative estimate of drug-likeness (QED) is 0.771. The van der Waals surface area contributed by atoms with E-state index in [0.717, 1.165) is 5.56 Å².